The highest BCUT2D eigenvalue weighted by atomic mass is 16.3. The molecular formula is C60H38N2O2. The summed E-state index contributed by atoms with van der Waals surface area (Å²) in [6.07, 6.45) is 0. The third-order valence-electron chi connectivity index (χ3n) is 12.8. The summed E-state index contributed by atoms with van der Waals surface area (Å²) in [6, 6.07) is 82.2. The molecule has 64 heavy (non-hydrogen) atoms. The number of fused-ring (bicyclic) bond motifs is 9. The van der Waals surface area contributed by atoms with Gasteiger partial charge in [-0.05, 0) is 119 Å². The van der Waals surface area contributed by atoms with E-state index in [0.717, 1.165) is 100 Å². The van der Waals surface area contributed by atoms with Crippen LogP contribution in [0.15, 0.2) is 239 Å². The van der Waals surface area contributed by atoms with E-state index in [2.05, 4.69) is 222 Å². The van der Waals surface area contributed by atoms with Gasteiger partial charge in [0.2, 0.25) is 0 Å². The van der Waals surface area contributed by atoms with Crippen LogP contribution in [-0.4, -0.2) is 4.57 Å². The molecule has 0 saturated carbocycles. The predicted molar refractivity (Wildman–Crippen MR) is 266 cm³/mol. The fourth-order valence-electron chi connectivity index (χ4n) is 9.73. The number of hydrogen-bond donors (Lipinski definition) is 0. The van der Waals surface area contributed by atoms with E-state index in [9.17, 15) is 0 Å². The van der Waals surface area contributed by atoms with Gasteiger partial charge in [-0.3, -0.25) is 0 Å². The number of benzene rings is 10. The number of anilines is 3. The quantitative estimate of drug-likeness (QED) is 0.161. The number of furan rings is 2. The molecule has 300 valence electrons. The molecule has 0 bridgehead atoms. The number of para-hydroxylation sites is 4. The molecule has 13 rings (SSSR count). The Balaban J connectivity index is 0.887. The van der Waals surface area contributed by atoms with Crippen LogP contribution < -0.4 is 4.90 Å². The van der Waals surface area contributed by atoms with E-state index in [0.29, 0.717) is 0 Å². The Hall–Kier alpha value is -8.60. The van der Waals surface area contributed by atoms with Crippen molar-refractivity contribution in [3.63, 3.8) is 0 Å². The fraction of sp³-hybridized carbons (Fsp3) is 0. The summed E-state index contributed by atoms with van der Waals surface area (Å²) in [5, 5.41) is 6.99. The van der Waals surface area contributed by atoms with Crippen LogP contribution in [0.4, 0.5) is 17.1 Å². The van der Waals surface area contributed by atoms with Crippen LogP contribution in [0.1, 0.15) is 0 Å². The molecule has 0 spiro atoms. The Morgan fingerprint density at radius 3 is 1.50 bits per heavy atom. The third kappa shape index (κ3) is 5.84. The van der Waals surface area contributed by atoms with Gasteiger partial charge in [0.25, 0.3) is 0 Å². The Labute approximate surface area is 369 Å². The third-order valence-corrected chi connectivity index (χ3v) is 12.8. The van der Waals surface area contributed by atoms with E-state index < -0.39 is 0 Å². The minimum atomic E-state index is 0.884. The van der Waals surface area contributed by atoms with Crippen molar-refractivity contribution in [2.24, 2.45) is 0 Å². The average molecular weight is 819 g/mol. The molecule has 13 aromatic rings. The zero-order valence-electron chi connectivity index (χ0n) is 34.7. The van der Waals surface area contributed by atoms with Crippen LogP contribution >= 0.6 is 0 Å². The van der Waals surface area contributed by atoms with Crippen LogP contribution in [-0.2, 0) is 0 Å². The molecule has 0 fully saturated rings. The molecule has 0 N–H and O–H groups in total. The molecular weight excluding hydrogens is 781 g/mol. The number of hydrogen-bond acceptors (Lipinski definition) is 3. The summed E-state index contributed by atoms with van der Waals surface area (Å²) >= 11 is 0. The van der Waals surface area contributed by atoms with Crippen molar-refractivity contribution < 1.29 is 8.83 Å². The van der Waals surface area contributed by atoms with Gasteiger partial charge in [-0.2, -0.15) is 0 Å². The maximum Gasteiger partial charge on any atom is 0.143 e. The molecule has 3 heterocycles. The highest BCUT2D eigenvalue weighted by Crippen LogP contribution is 2.41. The lowest BCUT2D eigenvalue weighted by molar-refractivity contribution is 0.669. The lowest BCUT2D eigenvalue weighted by atomic mass is 10.00. The standard InChI is InChI=1S/C60H38N2O2/c1-2-11-41(12-3-1)48-16-10-17-53-54-37-42(26-36-58(54)64-60(48)53)39-21-27-44(28-22-39)61(45-29-23-40(24-30-45)43-25-35-52-51-15-6-9-20-57(51)63-59(52)38-43)46-31-33-47(34-32-46)62-55-18-7-4-13-49(55)50-14-5-8-19-56(50)62/h1-38H. The summed E-state index contributed by atoms with van der Waals surface area (Å²) in [7, 11) is 0. The zero-order valence-corrected chi connectivity index (χ0v) is 34.7. The molecule has 10 aromatic carbocycles. The Kier molecular flexibility index (Phi) is 8.18. The van der Waals surface area contributed by atoms with Crippen molar-refractivity contribution in [3.05, 3.63) is 231 Å². The lowest BCUT2D eigenvalue weighted by Gasteiger charge is -2.26. The Bertz CT molecular complexity index is 3820. The summed E-state index contributed by atoms with van der Waals surface area (Å²) in [4.78, 5) is 2.34. The summed E-state index contributed by atoms with van der Waals surface area (Å²) < 4.78 is 15.1. The molecule has 0 saturated heterocycles. The average Bonchev–Trinajstić information content (AvgIpc) is 4.04. The molecule has 0 unspecified atom stereocenters. The first-order chi connectivity index (χ1) is 31.7. The second-order valence-corrected chi connectivity index (χ2v) is 16.5. The first-order valence-electron chi connectivity index (χ1n) is 21.7. The van der Waals surface area contributed by atoms with Gasteiger partial charge < -0.3 is 18.3 Å². The summed E-state index contributed by atoms with van der Waals surface area (Å²) in [5.41, 5.74) is 17.1. The first kappa shape index (κ1) is 36.1. The molecule has 0 aliphatic heterocycles. The molecule has 0 atom stereocenters. The Morgan fingerprint density at radius 1 is 0.297 bits per heavy atom. The number of nitrogens with zero attached hydrogens (tertiary/aromatic N) is 2. The molecule has 3 aromatic heterocycles. The highest BCUT2D eigenvalue weighted by molar-refractivity contribution is 6.11. The van der Waals surface area contributed by atoms with Gasteiger partial charge in [-0.1, -0.05) is 140 Å². The van der Waals surface area contributed by atoms with Gasteiger partial charge in [-0.25, -0.2) is 0 Å². The van der Waals surface area contributed by atoms with E-state index >= 15 is 0 Å². The molecule has 0 radical (unpaired) electrons. The van der Waals surface area contributed by atoms with Gasteiger partial charge in [0, 0.05) is 60.6 Å². The normalized spacial score (nSPS) is 11.8. The van der Waals surface area contributed by atoms with Crippen LogP contribution in [0, 0.1) is 0 Å². The monoisotopic (exact) mass is 818 g/mol. The van der Waals surface area contributed by atoms with Crippen LogP contribution in [0.25, 0.3) is 105 Å². The van der Waals surface area contributed by atoms with Gasteiger partial charge >= 0.3 is 0 Å². The Morgan fingerprint density at radius 2 is 0.812 bits per heavy atom. The van der Waals surface area contributed by atoms with Crippen LogP contribution in [0.5, 0.6) is 0 Å². The minimum Gasteiger partial charge on any atom is -0.456 e. The highest BCUT2D eigenvalue weighted by Gasteiger charge is 2.18. The topological polar surface area (TPSA) is 34.5 Å². The molecule has 0 aliphatic rings. The van der Waals surface area contributed by atoms with Gasteiger partial charge in [0.15, 0.2) is 0 Å². The van der Waals surface area contributed by atoms with Crippen LogP contribution in [0.3, 0.4) is 0 Å². The molecule has 0 aliphatic carbocycles. The van der Waals surface area contributed by atoms with Crippen molar-refractivity contribution in [1.29, 1.82) is 0 Å². The van der Waals surface area contributed by atoms with E-state index in [1.54, 1.807) is 0 Å². The predicted octanol–water partition coefficient (Wildman–Crippen LogP) is 17.1. The van der Waals surface area contributed by atoms with Crippen molar-refractivity contribution >= 4 is 82.7 Å². The summed E-state index contributed by atoms with van der Waals surface area (Å²) in [5.74, 6) is 0. The van der Waals surface area contributed by atoms with Crippen molar-refractivity contribution in [3.8, 4) is 39.1 Å². The molecule has 4 nitrogen and oxygen atoms in total. The van der Waals surface area contributed by atoms with E-state index in [1.807, 2.05) is 18.2 Å². The van der Waals surface area contributed by atoms with E-state index in [-0.39, 0.29) is 0 Å². The maximum absolute atomic E-state index is 6.51. The SMILES string of the molecule is c1ccc(-c2cccc3c2oc2ccc(-c4ccc(N(c5ccc(-c6ccc7c(c6)oc6ccccc67)cc5)c5ccc(-n6c7ccccc7c7ccccc76)cc5)cc4)cc23)cc1. The van der Waals surface area contributed by atoms with Gasteiger partial charge in [-0.15, -0.1) is 0 Å². The van der Waals surface area contributed by atoms with Crippen LogP contribution in [0.2, 0.25) is 0 Å². The second-order valence-electron chi connectivity index (χ2n) is 16.5. The molecule has 4 heteroatoms. The molecule has 0 amide bonds. The van der Waals surface area contributed by atoms with Crippen molar-refractivity contribution in [1.82, 2.24) is 4.57 Å². The van der Waals surface area contributed by atoms with Crippen molar-refractivity contribution in [2.75, 3.05) is 4.90 Å². The first-order valence-corrected chi connectivity index (χ1v) is 21.7. The van der Waals surface area contributed by atoms with Crippen molar-refractivity contribution in [2.45, 2.75) is 0 Å². The smallest absolute Gasteiger partial charge is 0.143 e. The van der Waals surface area contributed by atoms with E-state index in [4.69, 9.17) is 8.83 Å². The lowest BCUT2D eigenvalue weighted by Crippen LogP contribution is -2.10. The zero-order chi connectivity index (χ0) is 42.1. The van der Waals surface area contributed by atoms with Gasteiger partial charge in [0.05, 0.1) is 11.0 Å². The minimum absolute atomic E-state index is 0.884. The number of rotatable bonds is 7. The van der Waals surface area contributed by atoms with Gasteiger partial charge in [0.1, 0.15) is 22.3 Å². The maximum atomic E-state index is 6.51. The fourth-order valence-corrected chi connectivity index (χ4v) is 9.73. The largest absolute Gasteiger partial charge is 0.456 e. The van der Waals surface area contributed by atoms with E-state index in [1.165, 1.54) is 21.8 Å². The summed E-state index contributed by atoms with van der Waals surface area (Å²) in [6.45, 7) is 0. The second kappa shape index (κ2) is 14.5. The number of aromatic nitrogens is 1.